The maximum Gasteiger partial charge on any atom is 0.174 e. The van der Waals surface area contributed by atoms with Gasteiger partial charge in [0.15, 0.2) is 4.77 Å². The lowest BCUT2D eigenvalue weighted by atomic mass is 9.85. The lowest BCUT2D eigenvalue weighted by Crippen LogP contribution is -2.11. The van der Waals surface area contributed by atoms with Gasteiger partial charge in [-0.1, -0.05) is 39.0 Å². The topological polar surface area (TPSA) is 31.6 Å². The van der Waals surface area contributed by atoms with E-state index in [0.717, 1.165) is 5.69 Å². The lowest BCUT2D eigenvalue weighted by molar-refractivity contribution is 0.590. The van der Waals surface area contributed by atoms with Crippen LogP contribution >= 0.6 is 12.2 Å². The lowest BCUT2D eigenvalue weighted by Gasteiger charge is -2.20. The number of H-pyrrole nitrogens is 2. The Bertz CT molecular complexity index is 585. The number of hydrogen-bond acceptors (Lipinski definition) is 1. The van der Waals surface area contributed by atoms with Crippen LogP contribution in [0.3, 0.4) is 0 Å². The van der Waals surface area contributed by atoms with Crippen molar-refractivity contribution in [3.8, 4) is 11.3 Å². The molecule has 0 saturated heterocycles. The second kappa shape index (κ2) is 4.15. The highest BCUT2D eigenvalue weighted by Gasteiger charge is 2.14. The molecule has 0 unspecified atom stereocenters. The third kappa shape index (κ3) is 2.50. The summed E-state index contributed by atoms with van der Waals surface area (Å²) < 4.78 is 0.666. The minimum absolute atomic E-state index is 0.189. The molecule has 17 heavy (non-hydrogen) atoms. The fraction of sp³-hybridized carbons (Fsp3) is 0.357. The smallest absolute Gasteiger partial charge is 0.174 e. The van der Waals surface area contributed by atoms with Crippen LogP contribution in [0.5, 0.6) is 0 Å². The van der Waals surface area contributed by atoms with Gasteiger partial charge in [0.1, 0.15) is 0 Å². The molecule has 0 amide bonds. The van der Waals surface area contributed by atoms with Crippen molar-refractivity contribution in [1.29, 1.82) is 0 Å². The first-order valence-corrected chi connectivity index (χ1v) is 6.18. The Hall–Kier alpha value is -1.35. The number of benzene rings is 1. The zero-order chi connectivity index (χ0) is 12.6. The summed E-state index contributed by atoms with van der Waals surface area (Å²) in [5.41, 5.74) is 5.06. The van der Waals surface area contributed by atoms with Crippen LogP contribution < -0.4 is 0 Å². The number of nitrogens with one attached hydrogen (secondary N) is 2. The predicted molar refractivity (Wildman–Crippen MR) is 74.9 cm³/mol. The minimum atomic E-state index is 0.189. The molecule has 2 aromatic rings. The maximum atomic E-state index is 5.05. The molecule has 0 aliphatic rings. The van der Waals surface area contributed by atoms with Gasteiger partial charge in [0, 0.05) is 11.8 Å². The van der Waals surface area contributed by atoms with Gasteiger partial charge >= 0.3 is 0 Å². The van der Waals surface area contributed by atoms with E-state index in [0.29, 0.717) is 4.77 Å². The molecule has 2 nitrogen and oxygen atoms in total. The molecule has 0 spiro atoms. The summed E-state index contributed by atoms with van der Waals surface area (Å²) in [4.78, 5) is 6.15. The first kappa shape index (κ1) is 12.1. The molecule has 2 rings (SSSR count). The summed E-state index contributed by atoms with van der Waals surface area (Å²) in [5, 5.41) is 0. The van der Waals surface area contributed by atoms with Crippen molar-refractivity contribution in [1.82, 2.24) is 9.97 Å². The molecule has 0 fully saturated rings. The Morgan fingerprint density at radius 3 is 2.35 bits per heavy atom. The highest BCUT2D eigenvalue weighted by Crippen LogP contribution is 2.28. The number of aromatic nitrogens is 2. The summed E-state index contributed by atoms with van der Waals surface area (Å²) in [6, 6.07) is 6.59. The van der Waals surface area contributed by atoms with Gasteiger partial charge < -0.3 is 9.97 Å². The molecule has 1 aromatic heterocycles. The van der Waals surface area contributed by atoms with Crippen LogP contribution in [0.4, 0.5) is 0 Å². The molecule has 90 valence electrons. The Kier molecular flexibility index (Phi) is 2.96. The van der Waals surface area contributed by atoms with Gasteiger partial charge in [0.05, 0.1) is 5.69 Å². The van der Waals surface area contributed by atoms with Crippen molar-refractivity contribution in [2.75, 3.05) is 0 Å². The first-order valence-electron chi connectivity index (χ1n) is 5.77. The van der Waals surface area contributed by atoms with Crippen molar-refractivity contribution in [2.45, 2.75) is 33.1 Å². The molecule has 0 radical (unpaired) electrons. The summed E-state index contributed by atoms with van der Waals surface area (Å²) in [5.74, 6) is 0. The quantitative estimate of drug-likeness (QED) is 0.720. The molecule has 2 N–H and O–H groups in total. The largest absolute Gasteiger partial charge is 0.337 e. The molecule has 0 aliphatic carbocycles. The van der Waals surface area contributed by atoms with Gasteiger partial charge in [0.25, 0.3) is 0 Å². The second-order valence-electron chi connectivity index (χ2n) is 5.44. The van der Waals surface area contributed by atoms with Crippen molar-refractivity contribution in [2.24, 2.45) is 0 Å². The molecule has 0 bridgehead atoms. The third-order valence-corrected chi connectivity index (χ3v) is 3.20. The molecule has 1 heterocycles. The maximum absolute atomic E-state index is 5.05. The van der Waals surface area contributed by atoms with E-state index in [9.17, 15) is 0 Å². The number of hydrogen-bond donors (Lipinski definition) is 2. The van der Waals surface area contributed by atoms with Gasteiger partial charge in [-0.3, -0.25) is 0 Å². The normalized spacial score (nSPS) is 11.8. The number of imidazole rings is 1. The van der Waals surface area contributed by atoms with Crippen molar-refractivity contribution in [3.63, 3.8) is 0 Å². The van der Waals surface area contributed by atoms with Crippen LogP contribution in [0.15, 0.2) is 24.4 Å². The van der Waals surface area contributed by atoms with Gasteiger partial charge in [-0.25, -0.2) is 0 Å². The van der Waals surface area contributed by atoms with E-state index >= 15 is 0 Å². The van der Waals surface area contributed by atoms with Crippen molar-refractivity contribution < 1.29 is 0 Å². The van der Waals surface area contributed by atoms with Crippen molar-refractivity contribution >= 4 is 12.2 Å². The number of rotatable bonds is 1. The first-order chi connectivity index (χ1) is 7.88. The zero-order valence-corrected chi connectivity index (χ0v) is 11.5. The summed E-state index contributed by atoms with van der Waals surface area (Å²) in [6.45, 7) is 8.82. The van der Waals surface area contributed by atoms with E-state index in [1.165, 1.54) is 16.7 Å². The Morgan fingerprint density at radius 2 is 1.88 bits per heavy atom. The Balaban J connectivity index is 2.49. The fourth-order valence-corrected chi connectivity index (χ4v) is 2.08. The summed E-state index contributed by atoms with van der Waals surface area (Å²) in [7, 11) is 0. The van der Waals surface area contributed by atoms with Crippen LogP contribution in [0, 0.1) is 11.7 Å². The summed E-state index contributed by atoms with van der Waals surface area (Å²) >= 11 is 5.05. The zero-order valence-electron chi connectivity index (χ0n) is 10.7. The molecule has 3 heteroatoms. The van der Waals surface area contributed by atoms with Crippen molar-refractivity contribution in [3.05, 3.63) is 40.3 Å². The van der Waals surface area contributed by atoms with Gasteiger partial charge in [-0.2, -0.15) is 0 Å². The van der Waals surface area contributed by atoms with Gasteiger partial charge in [0.2, 0.25) is 0 Å². The van der Waals surface area contributed by atoms with E-state index in [2.05, 4.69) is 55.9 Å². The van der Waals surface area contributed by atoms with Gasteiger partial charge in [-0.05, 0) is 35.7 Å². The van der Waals surface area contributed by atoms with E-state index in [1.54, 1.807) is 0 Å². The minimum Gasteiger partial charge on any atom is -0.337 e. The average molecular weight is 246 g/mol. The number of aromatic amines is 2. The monoisotopic (exact) mass is 246 g/mol. The van der Waals surface area contributed by atoms with Gasteiger partial charge in [-0.15, -0.1) is 0 Å². The standard InChI is InChI=1S/C14H18N2S/c1-9-7-10(14(2,3)4)5-6-11(9)12-8-15-13(17)16-12/h5-8H,1-4H3,(H2,15,16,17). The third-order valence-electron chi connectivity index (χ3n) is 2.98. The fourth-order valence-electron chi connectivity index (χ4n) is 1.91. The van der Waals surface area contributed by atoms with Crippen LogP contribution in [-0.4, -0.2) is 9.97 Å². The second-order valence-corrected chi connectivity index (χ2v) is 5.84. The molecule has 1 aromatic carbocycles. The average Bonchev–Trinajstić information content (AvgIpc) is 2.63. The van der Waals surface area contributed by atoms with E-state index in [-0.39, 0.29) is 5.41 Å². The highest BCUT2D eigenvalue weighted by molar-refractivity contribution is 7.71. The predicted octanol–water partition coefficient (Wildman–Crippen LogP) is 4.35. The molecular formula is C14H18N2S. The molecule has 0 atom stereocenters. The molecule has 0 saturated carbocycles. The van der Waals surface area contributed by atoms with E-state index < -0.39 is 0 Å². The number of aryl methyl sites for hydroxylation is 1. The highest BCUT2D eigenvalue weighted by atomic mass is 32.1. The van der Waals surface area contributed by atoms with E-state index in [1.807, 2.05) is 6.20 Å². The van der Waals surface area contributed by atoms with E-state index in [4.69, 9.17) is 12.2 Å². The Labute approximate surface area is 107 Å². The molecule has 0 aliphatic heterocycles. The molecular weight excluding hydrogens is 228 g/mol. The van der Waals surface area contributed by atoms with Crippen LogP contribution in [-0.2, 0) is 5.41 Å². The Morgan fingerprint density at radius 1 is 1.18 bits per heavy atom. The van der Waals surface area contributed by atoms with Crippen LogP contribution in [0.2, 0.25) is 0 Å². The SMILES string of the molecule is Cc1cc(C(C)(C)C)ccc1-c1c[nH]c(=S)[nH]1. The van der Waals surface area contributed by atoms with Crippen LogP contribution in [0.1, 0.15) is 31.9 Å². The van der Waals surface area contributed by atoms with Crippen LogP contribution in [0.25, 0.3) is 11.3 Å². The summed E-state index contributed by atoms with van der Waals surface area (Å²) in [6.07, 6.45) is 1.92.